The molecule has 2 aromatic carbocycles. The standard InChI is InChI=1S/C20H20N4O2/c1-14-9-11-15(12-10-14)18-22-19(26-23-18)17-8-5-13-24(17)20(25)21-16-6-3-2-4-7-16/h2-4,6-7,9-12,17H,5,8,13H2,1H3,(H,21,25)/t17-/m0/s1. The van der Waals surface area contributed by atoms with Gasteiger partial charge in [-0.1, -0.05) is 53.2 Å². The summed E-state index contributed by atoms with van der Waals surface area (Å²) in [6, 6.07) is 17.1. The van der Waals surface area contributed by atoms with Crippen molar-refractivity contribution < 1.29 is 9.32 Å². The molecule has 6 heteroatoms. The molecule has 2 amide bonds. The van der Waals surface area contributed by atoms with Gasteiger partial charge in [0.2, 0.25) is 11.7 Å². The zero-order chi connectivity index (χ0) is 17.9. The van der Waals surface area contributed by atoms with E-state index in [1.54, 1.807) is 4.90 Å². The maximum Gasteiger partial charge on any atom is 0.322 e. The first-order valence-electron chi connectivity index (χ1n) is 8.74. The number of carbonyl (C=O) groups is 1. The average Bonchev–Trinajstić information content (AvgIpc) is 3.32. The minimum Gasteiger partial charge on any atom is -0.337 e. The third-order valence-corrected chi connectivity index (χ3v) is 4.58. The normalized spacial score (nSPS) is 16.7. The van der Waals surface area contributed by atoms with E-state index in [4.69, 9.17) is 4.52 Å². The third kappa shape index (κ3) is 3.31. The van der Waals surface area contributed by atoms with Gasteiger partial charge in [-0.3, -0.25) is 0 Å². The molecule has 0 saturated carbocycles. The van der Waals surface area contributed by atoms with Crippen LogP contribution in [0.5, 0.6) is 0 Å². The second-order valence-corrected chi connectivity index (χ2v) is 6.47. The van der Waals surface area contributed by atoms with E-state index in [1.165, 1.54) is 5.56 Å². The number of para-hydroxylation sites is 1. The van der Waals surface area contributed by atoms with Crippen LogP contribution in [0, 0.1) is 6.92 Å². The smallest absolute Gasteiger partial charge is 0.322 e. The minimum absolute atomic E-state index is 0.145. The van der Waals surface area contributed by atoms with Crippen LogP contribution in [0.15, 0.2) is 59.1 Å². The predicted molar refractivity (Wildman–Crippen MR) is 98.6 cm³/mol. The molecule has 0 spiro atoms. The molecule has 1 saturated heterocycles. The summed E-state index contributed by atoms with van der Waals surface area (Å²) in [5, 5.41) is 7.02. The average molecular weight is 348 g/mol. The van der Waals surface area contributed by atoms with Gasteiger partial charge in [0.05, 0.1) is 0 Å². The van der Waals surface area contributed by atoms with Gasteiger partial charge in [-0.25, -0.2) is 4.79 Å². The van der Waals surface area contributed by atoms with E-state index >= 15 is 0 Å². The number of benzene rings is 2. The summed E-state index contributed by atoms with van der Waals surface area (Å²) >= 11 is 0. The highest BCUT2D eigenvalue weighted by molar-refractivity contribution is 5.89. The van der Waals surface area contributed by atoms with E-state index in [1.807, 2.05) is 61.5 Å². The number of nitrogens with zero attached hydrogens (tertiary/aromatic N) is 3. The molecule has 26 heavy (non-hydrogen) atoms. The van der Waals surface area contributed by atoms with Gasteiger partial charge in [-0.05, 0) is 31.9 Å². The van der Waals surface area contributed by atoms with E-state index < -0.39 is 0 Å². The highest BCUT2D eigenvalue weighted by Gasteiger charge is 2.34. The van der Waals surface area contributed by atoms with Crippen LogP contribution in [0.4, 0.5) is 10.5 Å². The van der Waals surface area contributed by atoms with Crippen LogP contribution in [0.3, 0.4) is 0 Å². The topological polar surface area (TPSA) is 71.3 Å². The van der Waals surface area contributed by atoms with Crippen molar-refractivity contribution in [2.45, 2.75) is 25.8 Å². The number of hydrogen-bond donors (Lipinski definition) is 1. The molecule has 0 bridgehead atoms. The Morgan fingerprint density at radius 2 is 1.92 bits per heavy atom. The molecule has 3 aromatic rings. The Labute approximate surface area is 151 Å². The van der Waals surface area contributed by atoms with Crippen molar-refractivity contribution in [2.24, 2.45) is 0 Å². The Balaban J connectivity index is 1.51. The van der Waals surface area contributed by atoms with Gasteiger partial charge in [0.15, 0.2) is 0 Å². The Morgan fingerprint density at radius 3 is 2.69 bits per heavy atom. The van der Waals surface area contributed by atoms with Gasteiger partial charge in [0.25, 0.3) is 0 Å². The highest BCUT2D eigenvalue weighted by atomic mass is 16.5. The number of nitrogens with one attached hydrogen (secondary N) is 1. The first-order chi connectivity index (χ1) is 12.7. The monoisotopic (exact) mass is 348 g/mol. The molecular formula is C20H20N4O2. The molecule has 1 aliphatic rings. The fourth-order valence-electron chi connectivity index (χ4n) is 3.17. The maximum absolute atomic E-state index is 12.6. The lowest BCUT2D eigenvalue weighted by Crippen LogP contribution is -2.34. The summed E-state index contributed by atoms with van der Waals surface area (Å²) in [5.41, 5.74) is 2.86. The number of likely N-dealkylation sites (tertiary alicyclic amines) is 1. The molecule has 1 N–H and O–H groups in total. The zero-order valence-corrected chi connectivity index (χ0v) is 14.6. The van der Waals surface area contributed by atoms with Crippen LogP contribution in [-0.4, -0.2) is 27.6 Å². The summed E-state index contributed by atoms with van der Waals surface area (Å²) in [6.45, 7) is 2.71. The first-order valence-corrected chi connectivity index (χ1v) is 8.74. The number of amides is 2. The summed E-state index contributed by atoms with van der Waals surface area (Å²) in [5.74, 6) is 1.04. The largest absolute Gasteiger partial charge is 0.337 e. The molecule has 0 radical (unpaired) electrons. The molecule has 132 valence electrons. The molecule has 1 atom stereocenters. The van der Waals surface area contributed by atoms with E-state index in [0.29, 0.717) is 18.3 Å². The van der Waals surface area contributed by atoms with Crippen molar-refractivity contribution in [3.63, 3.8) is 0 Å². The first kappa shape index (κ1) is 16.3. The fraction of sp³-hybridized carbons (Fsp3) is 0.250. The van der Waals surface area contributed by atoms with Gasteiger partial charge in [-0.2, -0.15) is 4.98 Å². The van der Waals surface area contributed by atoms with Gasteiger partial charge in [0.1, 0.15) is 6.04 Å². The Kier molecular flexibility index (Phi) is 4.39. The zero-order valence-electron chi connectivity index (χ0n) is 14.6. The molecule has 0 aliphatic carbocycles. The number of carbonyl (C=O) groups excluding carboxylic acids is 1. The van der Waals surface area contributed by atoms with Gasteiger partial charge < -0.3 is 14.7 Å². The minimum atomic E-state index is -0.189. The Bertz CT molecular complexity index is 890. The molecule has 0 unspecified atom stereocenters. The van der Waals surface area contributed by atoms with E-state index in [-0.39, 0.29) is 12.1 Å². The number of anilines is 1. The number of hydrogen-bond acceptors (Lipinski definition) is 4. The summed E-state index contributed by atoms with van der Waals surface area (Å²) in [7, 11) is 0. The van der Waals surface area contributed by atoms with Crippen LogP contribution in [0.1, 0.15) is 30.3 Å². The molecule has 4 rings (SSSR count). The molecule has 1 aromatic heterocycles. The van der Waals surface area contributed by atoms with Crippen molar-refractivity contribution in [3.8, 4) is 11.4 Å². The van der Waals surface area contributed by atoms with Gasteiger partial charge in [0, 0.05) is 17.8 Å². The molecule has 6 nitrogen and oxygen atoms in total. The Morgan fingerprint density at radius 1 is 1.15 bits per heavy atom. The van der Waals surface area contributed by atoms with Gasteiger partial charge in [-0.15, -0.1) is 0 Å². The maximum atomic E-state index is 12.6. The van der Waals surface area contributed by atoms with Crippen molar-refractivity contribution >= 4 is 11.7 Å². The summed E-state index contributed by atoms with van der Waals surface area (Å²) in [4.78, 5) is 18.9. The van der Waals surface area contributed by atoms with Crippen LogP contribution < -0.4 is 5.32 Å². The van der Waals surface area contributed by atoms with Crippen LogP contribution in [-0.2, 0) is 0 Å². The molecule has 1 fully saturated rings. The van der Waals surface area contributed by atoms with Crippen molar-refractivity contribution in [3.05, 3.63) is 66.1 Å². The summed E-state index contributed by atoms with van der Waals surface area (Å²) < 4.78 is 5.48. The lowest BCUT2D eigenvalue weighted by molar-refractivity contribution is 0.193. The second kappa shape index (κ2) is 7.00. The molecular weight excluding hydrogens is 328 g/mol. The number of rotatable bonds is 3. The van der Waals surface area contributed by atoms with Gasteiger partial charge >= 0.3 is 6.03 Å². The van der Waals surface area contributed by atoms with E-state index in [9.17, 15) is 4.79 Å². The summed E-state index contributed by atoms with van der Waals surface area (Å²) in [6.07, 6.45) is 1.73. The van der Waals surface area contributed by atoms with Crippen LogP contribution in [0.25, 0.3) is 11.4 Å². The van der Waals surface area contributed by atoms with Crippen LogP contribution in [0.2, 0.25) is 0 Å². The lowest BCUT2D eigenvalue weighted by atomic mass is 10.1. The number of urea groups is 1. The van der Waals surface area contributed by atoms with Crippen molar-refractivity contribution in [2.75, 3.05) is 11.9 Å². The quantitative estimate of drug-likeness (QED) is 0.761. The number of aryl methyl sites for hydroxylation is 1. The Hall–Kier alpha value is -3.15. The highest BCUT2D eigenvalue weighted by Crippen LogP contribution is 2.32. The number of aromatic nitrogens is 2. The lowest BCUT2D eigenvalue weighted by Gasteiger charge is -2.22. The van der Waals surface area contributed by atoms with E-state index in [0.717, 1.165) is 24.1 Å². The fourth-order valence-corrected chi connectivity index (χ4v) is 3.17. The van der Waals surface area contributed by atoms with E-state index in [2.05, 4.69) is 15.5 Å². The van der Waals surface area contributed by atoms with Crippen LogP contribution >= 0.6 is 0 Å². The second-order valence-electron chi connectivity index (χ2n) is 6.47. The SMILES string of the molecule is Cc1ccc(-c2noc([C@@H]3CCCN3C(=O)Nc3ccccc3)n2)cc1. The molecule has 2 heterocycles. The van der Waals surface area contributed by atoms with Crippen molar-refractivity contribution in [1.29, 1.82) is 0 Å². The molecule has 1 aliphatic heterocycles. The predicted octanol–water partition coefficient (Wildman–Crippen LogP) is 4.41. The third-order valence-electron chi connectivity index (χ3n) is 4.58. The van der Waals surface area contributed by atoms with Crippen molar-refractivity contribution in [1.82, 2.24) is 15.0 Å².